The van der Waals surface area contributed by atoms with Gasteiger partial charge in [-0.3, -0.25) is 9.30 Å². The summed E-state index contributed by atoms with van der Waals surface area (Å²) >= 11 is 0. The highest BCUT2D eigenvalue weighted by Gasteiger charge is 2.41. The van der Waals surface area contributed by atoms with Gasteiger partial charge in [-0.2, -0.15) is 0 Å². The molecule has 0 bridgehead atoms. The van der Waals surface area contributed by atoms with Crippen LogP contribution in [0.4, 0.5) is 5.69 Å². The van der Waals surface area contributed by atoms with Crippen molar-refractivity contribution in [3.05, 3.63) is 29.8 Å². The van der Waals surface area contributed by atoms with Crippen molar-refractivity contribution in [3.8, 4) is 0 Å². The molecule has 0 spiro atoms. The number of hydrogen-bond donors (Lipinski definition) is 1. The SMILES string of the molecule is CN=C(NCCS(=O)(=O)N1CCc2ccccc21)N1CCS(=O)(=O)C(C)(C)C1.I. The van der Waals surface area contributed by atoms with E-state index in [1.165, 1.54) is 4.31 Å². The zero-order valence-electron chi connectivity index (χ0n) is 17.0. The second-order valence-electron chi connectivity index (χ2n) is 7.74. The minimum absolute atomic E-state index is 0. The lowest BCUT2D eigenvalue weighted by Crippen LogP contribution is -2.57. The molecule has 8 nitrogen and oxygen atoms in total. The van der Waals surface area contributed by atoms with E-state index in [1.807, 2.05) is 29.2 Å². The summed E-state index contributed by atoms with van der Waals surface area (Å²) in [6, 6.07) is 7.55. The Morgan fingerprint density at radius 1 is 1.24 bits per heavy atom. The summed E-state index contributed by atoms with van der Waals surface area (Å²) in [6.07, 6.45) is 0.724. The molecule has 1 aromatic rings. The Balaban J connectivity index is 0.00000300. The predicted octanol–water partition coefficient (Wildman–Crippen LogP) is 1.08. The number of halogens is 1. The van der Waals surface area contributed by atoms with Gasteiger partial charge in [-0.15, -0.1) is 24.0 Å². The van der Waals surface area contributed by atoms with Gasteiger partial charge in [0.1, 0.15) is 0 Å². The zero-order valence-corrected chi connectivity index (χ0v) is 20.9. The predicted molar refractivity (Wildman–Crippen MR) is 127 cm³/mol. The Bertz CT molecular complexity index is 977. The molecular weight excluding hydrogens is 527 g/mol. The average Bonchev–Trinajstić information content (AvgIpc) is 3.06. The first kappa shape index (κ1) is 24.2. The van der Waals surface area contributed by atoms with E-state index in [0.29, 0.717) is 25.6 Å². The Morgan fingerprint density at radius 2 is 1.93 bits per heavy atom. The van der Waals surface area contributed by atoms with Crippen LogP contribution in [0.5, 0.6) is 0 Å². The number of nitrogens with one attached hydrogen (secondary N) is 1. The van der Waals surface area contributed by atoms with E-state index in [1.54, 1.807) is 20.9 Å². The van der Waals surface area contributed by atoms with Gasteiger partial charge in [-0.05, 0) is 31.9 Å². The van der Waals surface area contributed by atoms with Gasteiger partial charge in [0, 0.05) is 33.2 Å². The number of rotatable bonds is 4. The molecule has 1 saturated heterocycles. The lowest BCUT2D eigenvalue weighted by atomic mass is 10.2. The minimum Gasteiger partial charge on any atom is -0.355 e. The fourth-order valence-corrected chi connectivity index (χ4v) is 6.45. The van der Waals surface area contributed by atoms with Gasteiger partial charge in [0.2, 0.25) is 10.0 Å². The van der Waals surface area contributed by atoms with Gasteiger partial charge in [0.05, 0.1) is 21.9 Å². The lowest BCUT2D eigenvalue weighted by Gasteiger charge is -2.39. The number of anilines is 1. The van der Waals surface area contributed by atoms with Crippen LogP contribution in [0.15, 0.2) is 29.3 Å². The first-order chi connectivity index (χ1) is 13.1. The van der Waals surface area contributed by atoms with Crippen LogP contribution >= 0.6 is 24.0 Å². The van der Waals surface area contributed by atoms with Crippen LogP contribution in [0.25, 0.3) is 0 Å². The second-order valence-corrected chi connectivity index (χ2v) is 12.5. The monoisotopic (exact) mass is 556 g/mol. The number of para-hydroxylation sites is 1. The molecule has 164 valence electrons. The van der Waals surface area contributed by atoms with Crippen molar-refractivity contribution >= 4 is 55.5 Å². The highest BCUT2D eigenvalue weighted by atomic mass is 127. The third-order valence-corrected chi connectivity index (χ3v) is 9.68. The van der Waals surface area contributed by atoms with Gasteiger partial charge in [-0.25, -0.2) is 16.8 Å². The molecule has 2 heterocycles. The quantitative estimate of drug-likeness (QED) is 0.339. The van der Waals surface area contributed by atoms with Crippen molar-refractivity contribution in [1.82, 2.24) is 10.2 Å². The van der Waals surface area contributed by atoms with Crippen molar-refractivity contribution in [2.45, 2.75) is 25.0 Å². The molecule has 0 unspecified atom stereocenters. The fraction of sp³-hybridized carbons (Fsp3) is 0.611. The Labute approximate surface area is 190 Å². The highest BCUT2D eigenvalue weighted by molar-refractivity contribution is 14.0. The van der Waals surface area contributed by atoms with E-state index in [-0.39, 0.29) is 42.0 Å². The van der Waals surface area contributed by atoms with Crippen molar-refractivity contribution in [2.24, 2.45) is 4.99 Å². The molecule has 0 atom stereocenters. The summed E-state index contributed by atoms with van der Waals surface area (Å²) in [4.78, 5) is 6.08. The van der Waals surface area contributed by atoms with E-state index in [4.69, 9.17) is 0 Å². The largest absolute Gasteiger partial charge is 0.355 e. The van der Waals surface area contributed by atoms with Crippen LogP contribution in [0.2, 0.25) is 0 Å². The summed E-state index contributed by atoms with van der Waals surface area (Å²) in [5, 5.41) is 3.08. The third-order valence-electron chi connectivity index (χ3n) is 5.38. The van der Waals surface area contributed by atoms with E-state index in [9.17, 15) is 16.8 Å². The summed E-state index contributed by atoms with van der Waals surface area (Å²) in [5.74, 6) is 0.527. The highest BCUT2D eigenvalue weighted by Crippen LogP contribution is 2.30. The van der Waals surface area contributed by atoms with Gasteiger partial charge in [-0.1, -0.05) is 18.2 Å². The van der Waals surface area contributed by atoms with E-state index < -0.39 is 24.6 Å². The molecule has 1 fully saturated rings. The van der Waals surface area contributed by atoms with Crippen molar-refractivity contribution in [3.63, 3.8) is 0 Å². The van der Waals surface area contributed by atoms with Gasteiger partial charge >= 0.3 is 0 Å². The Morgan fingerprint density at radius 3 is 2.59 bits per heavy atom. The smallest absolute Gasteiger partial charge is 0.236 e. The van der Waals surface area contributed by atoms with Crippen molar-refractivity contribution in [2.75, 3.05) is 49.0 Å². The average molecular weight is 556 g/mol. The van der Waals surface area contributed by atoms with Crippen molar-refractivity contribution in [1.29, 1.82) is 0 Å². The van der Waals surface area contributed by atoms with E-state index >= 15 is 0 Å². The van der Waals surface area contributed by atoms with Crippen LogP contribution in [0, 0.1) is 0 Å². The number of guanidine groups is 1. The molecular formula is C18H29IN4O4S2. The van der Waals surface area contributed by atoms with E-state index in [0.717, 1.165) is 17.7 Å². The molecule has 2 aliphatic heterocycles. The zero-order chi connectivity index (χ0) is 20.6. The van der Waals surface area contributed by atoms with Crippen molar-refractivity contribution < 1.29 is 16.8 Å². The molecule has 1 aromatic carbocycles. The maximum absolute atomic E-state index is 12.8. The van der Waals surface area contributed by atoms with Gasteiger partial charge in [0.15, 0.2) is 15.8 Å². The van der Waals surface area contributed by atoms with Crippen LogP contribution in [-0.2, 0) is 26.3 Å². The molecule has 0 saturated carbocycles. The Hall–Kier alpha value is -1.08. The fourth-order valence-electron chi connectivity index (χ4n) is 3.66. The van der Waals surface area contributed by atoms with Gasteiger partial charge < -0.3 is 10.2 Å². The summed E-state index contributed by atoms with van der Waals surface area (Å²) in [7, 11) is -4.98. The van der Waals surface area contributed by atoms with Crippen LogP contribution in [-0.4, -0.2) is 77.2 Å². The van der Waals surface area contributed by atoms with Crippen LogP contribution < -0.4 is 9.62 Å². The number of benzene rings is 1. The first-order valence-corrected chi connectivity index (χ1v) is 12.6. The maximum Gasteiger partial charge on any atom is 0.236 e. The standard InChI is InChI=1S/C18H28N4O4S2.HI/c1-18(2)14-21(11-13-27(18,23)24)17(19-3)20-9-12-28(25,26)22-10-8-15-6-4-5-7-16(15)22;/h4-7H,8-14H2,1-3H3,(H,19,20);1H. The third kappa shape index (κ3) is 4.98. The number of nitrogens with zero attached hydrogens (tertiary/aromatic N) is 3. The maximum atomic E-state index is 12.8. The number of sulfone groups is 1. The Kier molecular flexibility index (Phi) is 7.48. The minimum atomic E-state index is -3.45. The molecule has 2 aliphatic rings. The molecule has 0 aliphatic carbocycles. The molecule has 3 rings (SSSR count). The number of aliphatic imine (C=N–C) groups is 1. The molecule has 1 N–H and O–H groups in total. The molecule has 0 aromatic heterocycles. The van der Waals surface area contributed by atoms with Crippen LogP contribution in [0.3, 0.4) is 0 Å². The molecule has 0 radical (unpaired) electrons. The summed E-state index contributed by atoms with van der Waals surface area (Å²) in [5.41, 5.74) is 1.81. The first-order valence-electron chi connectivity index (χ1n) is 9.34. The molecule has 11 heteroatoms. The van der Waals surface area contributed by atoms with Gasteiger partial charge in [0.25, 0.3) is 0 Å². The number of hydrogen-bond acceptors (Lipinski definition) is 5. The molecule has 29 heavy (non-hydrogen) atoms. The topological polar surface area (TPSA) is 99.2 Å². The molecule has 0 amide bonds. The van der Waals surface area contributed by atoms with Crippen LogP contribution in [0.1, 0.15) is 19.4 Å². The summed E-state index contributed by atoms with van der Waals surface area (Å²) < 4.78 is 50.5. The lowest BCUT2D eigenvalue weighted by molar-refractivity contribution is 0.354. The summed E-state index contributed by atoms with van der Waals surface area (Å²) in [6.45, 7) is 4.75. The second kappa shape index (κ2) is 8.96. The number of sulfonamides is 1. The number of fused-ring (bicyclic) bond motifs is 1. The van der Waals surface area contributed by atoms with E-state index in [2.05, 4.69) is 10.3 Å². The normalized spacial score (nSPS) is 20.7.